The third kappa shape index (κ3) is 3.00. The van der Waals surface area contributed by atoms with Gasteiger partial charge in [-0.15, -0.1) is 0 Å². The number of carboxylic acids is 1. The van der Waals surface area contributed by atoms with Gasteiger partial charge in [-0.1, -0.05) is 0 Å². The zero-order valence-electron chi connectivity index (χ0n) is 10.9. The van der Waals surface area contributed by atoms with E-state index in [1.165, 1.54) is 7.11 Å². The minimum atomic E-state index is -1.12. The van der Waals surface area contributed by atoms with Crippen molar-refractivity contribution in [1.82, 2.24) is 4.90 Å². The number of β-amino-alcohol motifs (C(OH)–C–C–N with tert-alkyl or cyclic N) is 1. The molecule has 108 valence electrons. The number of urea groups is 1. The molecule has 0 bridgehead atoms. The topological polar surface area (TPSA) is 99.1 Å². The molecule has 1 saturated heterocycles. The summed E-state index contributed by atoms with van der Waals surface area (Å²) in [6, 6.07) is 5.13. The van der Waals surface area contributed by atoms with Crippen LogP contribution in [0, 0.1) is 0 Å². The molecule has 1 heterocycles. The van der Waals surface area contributed by atoms with Crippen LogP contribution in [-0.4, -0.2) is 52.9 Å². The molecule has 0 aliphatic carbocycles. The molecule has 1 aliphatic heterocycles. The van der Waals surface area contributed by atoms with Gasteiger partial charge in [0.05, 0.1) is 13.2 Å². The van der Waals surface area contributed by atoms with Gasteiger partial charge in [-0.2, -0.15) is 0 Å². The summed E-state index contributed by atoms with van der Waals surface area (Å²) in [5.74, 6) is -0.463. The molecule has 3 N–H and O–H groups in total. The number of hydrogen-bond donors (Lipinski definition) is 3. The fourth-order valence-corrected chi connectivity index (χ4v) is 2.14. The Kier molecular flexibility index (Phi) is 4.09. The van der Waals surface area contributed by atoms with Gasteiger partial charge < -0.3 is 25.2 Å². The SMILES string of the molecule is COc1ccc(NC(=O)N2C[C@H](O)C[C@@H]2C(=O)O)cc1. The van der Waals surface area contributed by atoms with E-state index in [0.717, 1.165) is 4.90 Å². The molecule has 1 aromatic carbocycles. The highest BCUT2D eigenvalue weighted by molar-refractivity contribution is 5.92. The van der Waals surface area contributed by atoms with E-state index in [2.05, 4.69) is 5.32 Å². The van der Waals surface area contributed by atoms with Crippen molar-refractivity contribution in [1.29, 1.82) is 0 Å². The van der Waals surface area contributed by atoms with E-state index >= 15 is 0 Å². The molecule has 7 nitrogen and oxygen atoms in total. The number of aliphatic carboxylic acids is 1. The summed E-state index contributed by atoms with van der Waals surface area (Å²) in [7, 11) is 1.54. The molecule has 0 unspecified atom stereocenters. The summed E-state index contributed by atoms with van der Waals surface area (Å²) in [6.07, 6.45) is -0.761. The number of aliphatic hydroxyl groups excluding tert-OH is 1. The van der Waals surface area contributed by atoms with Crippen molar-refractivity contribution in [2.24, 2.45) is 0 Å². The predicted octanol–water partition coefficient (Wildman–Crippen LogP) is 0.747. The molecular weight excluding hydrogens is 264 g/mol. The monoisotopic (exact) mass is 280 g/mol. The molecule has 20 heavy (non-hydrogen) atoms. The van der Waals surface area contributed by atoms with E-state index in [1.54, 1.807) is 24.3 Å². The fourth-order valence-electron chi connectivity index (χ4n) is 2.14. The third-order valence-corrected chi connectivity index (χ3v) is 3.17. The zero-order valence-corrected chi connectivity index (χ0v) is 10.9. The van der Waals surface area contributed by atoms with Crippen molar-refractivity contribution in [3.8, 4) is 5.75 Å². The zero-order chi connectivity index (χ0) is 14.7. The number of aliphatic hydroxyl groups is 1. The van der Waals surface area contributed by atoms with Crippen LogP contribution in [0.1, 0.15) is 6.42 Å². The number of rotatable bonds is 3. The molecular formula is C13H16N2O5. The molecule has 1 aliphatic rings. The van der Waals surface area contributed by atoms with Crippen molar-refractivity contribution >= 4 is 17.7 Å². The Labute approximate surface area is 115 Å². The highest BCUT2D eigenvalue weighted by atomic mass is 16.5. The Morgan fingerprint density at radius 2 is 2.00 bits per heavy atom. The van der Waals surface area contributed by atoms with Gasteiger partial charge in [-0.25, -0.2) is 9.59 Å². The normalized spacial score (nSPS) is 21.6. The number of likely N-dealkylation sites (tertiary alicyclic amines) is 1. The molecule has 1 aromatic rings. The molecule has 1 fully saturated rings. The van der Waals surface area contributed by atoms with Crippen LogP contribution < -0.4 is 10.1 Å². The second-order valence-corrected chi connectivity index (χ2v) is 4.55. The highest BCUT2D eigenvalue weighted by Crippen LogP contribution is 2.21. The van der Waals surface area contributed by atoms with E-state index in [0.29, 0.717) is 11.4 Å². The average Bonchev–Trinajstić information content (AvgIpc) is 2.82. The number of methoxy groups -OCH3 is 1. The van der Waals surface area contributed by atoms with E-state index in [-0.39, 0.29) is 13.0 Å². The van der Waals surface area contributed by atoms with Crippen LogP contribution in [0.25, 0.3) is 0 Å². The van der Waals surface area contributed by atoms with Gasteiger partial charge in [0.1, 0.15) is 11.8 Å². The largest absolute Gasteiger partial charge is 0.497 e. The van der Waals surface area contributed by atoms with E-state index in [9.17, 15) is 14.7 Å². The number of benzene rings is 1. The maximum Gasteiger partial charge on any atom is 0.326 e. The average molecular weight is 280 g/mol. The van der Waals surface area contributed by atoms with Crippen molar-refractivity contribution in [3.63, 3.8) is 0 Å². The lowest BCUT2D eigenvalue weighted by atomic mass is 10.2. The van der Waals surface area contributed by atoms with Crippen LogP contribution in [-0.2, 0) is 4.79 Å². The molecule has 2 atom stereocenters. The summed E-state index contributed by atoms with van der Waals surface area (Å²) in [5.41, 5.74) is 0.529. The summed E-state index contributed by atoms with van der Waals surface area (Å²) >= 11 is 0. The van der Waals surface area contributed by atoms with Gasteiger partial charge in [0.15, 0.2) is 0 Å². The maximum absolute atomic E-state index is 12.0. The smallest absolute Gasteiger partial charge is 0.326 e. The minimum absolute atomic E-state index is 0.0129. The predicted molar refractivity (Wildman–Crippen MR) is 70.8 cm³/mol. The van der Waals surface area contributed by atoms with Crippen LogP contribution in [0.3, 0.4) is 0 Å². The molecule has 0 radical (unpaired) electrons. The maximum atomic E-state index is 12.0. The van der Waals surface area contributed by atoms with Crippen LogP contribution in [0.2, 0.25) is 0 Å². The van der Waals surface area contributed by atoms with Gasteiger partial charge >= 0.3 is 12.0 Å². The molecule has 2 rings (SSSR count). The van der Waals surface area contributed by atoms with Crippen molar-refractivity contribution in [2.75, 3.05) is 19.0 Å². The minimum Gasteiger partial charge on any atom is -0.497 e. The molecule has 0 spiro atoms. The number of anilines is 1. The van der Waals surface area contributed by atoms with Crippen molar-refractivity contribution in [2.45, 2.75) is 18.6 Å². The number of carboxylic acid groups (broad SMARTS) is 1. The second kappa shape index (κ2) is 5.79. The Morgan fingerprint density at radius 3 is 2.55 bits per heavy atom. The van der Waals surface area contributed by atoms with Gasteiger partial charge in [0.25, 0.3) is 0 Å². The first-order chi connectivity index (χ1) is 9.51. The second-order valence-electron chi connectivity index (χ2n) is 4.55. The third-order valence-electron chi connectivity index (χ3n) is 3.17. The van der Waals surface area contributed by atoms with Gasteiger partial charge in [0, 0.05) is 18.7 Å². The van der Waals surface area contributed by atoms with E-state index < -0.39 is 24.1 Å². The van der Waals surface area contributed by atoms with Gasteiger partial charge in [-0.3, -0.25) is 0 Å². The number of amides is 2. The van der Waals surface area contributed by atoms with Crippen LogP contribution in [0.5, 0.6) is 5.75 Å². The number of nitrogens with zero attached hydrogens (tertiary/aromatic N) is 1. The summed E-state index contributed by atoms with van der Waals surface area (Å²) in [6.45, 7) is 0.0129. The van der Waals surface area contributed by atoms with Crippen LogP contribution in [0.4, 0.5) is 10.5 Å². The number of carbonyl (C=O) groups excluding carboxylic acids is 1. The number of hydrogen-bond acceptors (Lipinski definition) is 4. The van der Waals surface area contributed by atoms with Crippen LogP contribution >= 0.6 is 0 Å². The first-order valence-corrected chi connectivity index (χ1v) is 6.14. The molecule has 0 saturated carbocycles. The highest BCUT2D eigenvalue weighted by Gasteiger charge is 2.38. The lowest BCUT2D eigenvalue weighted by Gasteiger charge is -2.21. The van der Waals surface area contributed by atoms with Crippen LogP contribution in [0.15, 0.2) is 24.3 Å². The Hall–Kier alpha value is -2.28. The Balaban J connectivity index is 2.04. The fraction of sp³-hybridized carbons (Fsp3) is 0.385. The quantitative estimate of drug-likeness (QED) is 0.758. The summed E-state index contributed by atoms with van der Waals surface area (Å²) in [4.78, 5) is 24.2. The Morgan fingerprint density at radius 1 is 1.35 bits per heavy atom. The summed E-state index contributed by atoms with van der Waals surface area (Å²) in [5, 5.41) is 21.1. The molecule has 2 amide bonds. The van der Waals surface area contributed by atoms with Gasteiger partial charge in [0.2, 0.25) is 0 Å². The van der Waals surface area contributed by atoms with E-state index in [4.69, 9.17) is 9.84 Å². The number of carbonyl (C=O) groups is 2. The Bertz CT molecular complexity index is 502. The van der Waals surface area contributed by atoms with Crippen molar-refractivity contribution < 1.29 is 24.5 Å². The molecule has 0 aromatic heterocycles. The standard InChI is InChI=1S/C13H16N2O5/c1-20-10-4-2-8(3-5-10)14-13(19)15-7-9(16)6-11(15)12(17)18/h2-5,9,11,16H,6-7H2,1H3,(H,14,19)(H,17,18)/t9-,11-/m1/s1. The van der Waals surface area contributed by atoms with Crippen molar-refractivity contribution in [3.05, 3.63) is 24.3 Å². The number of ether oxygens (including phenoxy) is 1. The lowest BCUT2D eigenvalue weighted by molar-refractivity contribution is -0.141. The summed E-state index contributed by atoms with van der Waals surface area (Å²) < 4.78 is 5.00. The first kappa shape index (κ1) is 14.1. The molecule has 7 heteroatoms. The first-order valence-electron chi connectivity index (χ1n) is 6.14. The lowest BCUT2D eigenvalue weighted by Crippen LogP contribution is -2.43. The number of nitrogens with one attached hydrogen (secondary N) is 1. The van der Waals surface area contributed by atoms with Gasteiger partial charge in [-0.05, 0) is 24.3 Å². The van der Waals surface area contributed by atoms with E-state index in [1.807, 2.05) is 0 Å².